The maximum Gasteiger partial charge on any atom is 0.0543 e. The molecule has 1 atom stereocenters. The van der Waals surface area contributed by atoms with Crippen LogP contribution in [0.3, 0.4) is 0 Å². The highest BCUT2D eigenvalue weighted by Gasteiger charge is 2.15. The van der Waals surface area contributed by atoms with Crippen LogP contribution in [0.15, 0.2) is 30.6 Å². The van der Waals surface area contributed by atoms with E-state index in [2.05, 4.69) is 62.5 Å². The second kappa shape index (κ2) is 6.48. The molecular weight excluding hydrogens is 282 g/mol. The molecule has 23 heavy (non-hydrogen) atoms. The highest BCUT2D eigenvalue weighted by molar-refractivity contribution is 5.35. The zero-order chi connectivity index (χ0) is 16.4. The van der Waals surface area contributed by atoms with Crippen molar-refractivity contribution in [3.63, 3.8) is 0 Å². The van der Waals surface area contributed by atoms with Crippen LogP contribution >= 0.6 is 0 Å². The normalized spacial score (nSPS) is 16.2. The summed E-state index contributed by atoms with van der Waals surface area (Å²) in [5, 5.41) is 8.11. The molecule has 124 valence electrons. The fraction of sp³-hybridized carbons (Fsp3) is 0.550. The van der Waals surface area contributed by atoms with Crippen molar-refractivity contribution in [1.82, 2.24) is 15.1 Å². The lowest BCUT2D eigenvalue weighted by atomic mass is 9.89. The summed E-state index contributed by atoms with van der Waals surface area (Å²) in [6, 6.07) is 7.39. The number of fused-ring (bicyclic) bond motifs is 1. The van der Waals surface area contributed by atoms with E-state index < -0.39 is 0 Å². The molecule has 0 fully saturated rings. The summed E-state index contributed by atoms with van der Waals surface area (Å²) < 4.78 is 2.04. The predicted octanol–water partition coefficient (Wildman–Crippen LogP) is 4.37. The summed E-state index contributed by atoms with van der Waals surface area (Å²) in [4.78, 5) is 0. The van der Waals surface area contributed by atoms with Crippen LogP contribution < -0.4 is 5.32 Å². The van der Waals surface area contributed by atoms with Crippen molar-refractivity contribution in [3.8, 4) is 0 Å². The Labute approximate surface area is 140 Å². The second-order valence-corrected chi connectivity index (χ2v) is 7.80. The van der Waals surface area contributed by atoms with Crippen LogP contribution in [0.25, 0.3) is 0 Å². The molecule has 3 nitrogen and oxygen atoms in total. The summed E-state index contributed by atoms with van der Waals surface area (Å²) in [7, 11) is 0. The molecule has 1 aliphatic carbocycles. The van der Waals surface area contributed by atoms with Gasteiger partial charge in [-0.05, 0) is 70.1 Å². The van der Waals surface area contributed by atoms with Crippen LogP contribution in [0.2, 0.25) is 0 Å². The minimum absolute atomic E-state index is 0.0440. The quantitative estimate of drug-likeness (QED) is 0.909. The van der Waals surface area contributed by atoms with E-state index in [0.717, 1.165) is 6.54 Å². The third kappa shape index (κ3) is 3.84. The van der Waals surface area contributed by atoms with Gasteiger partial charge in [-0.15, -0.1) is 0 Å². The third-order valence-electron chi connectivity index (χ3n) is 4.81. The Morgan fingerprint density at radius 1 is 1.17 bits per heavy atom. The Morgan fingerprint density at radius 2 is 1.91 bits per heavy atom. The van der Waals surface area contributed by atoms with Crippen molar-refractivity contribution in [1.29, 1.82) is 0 Å². The molecule has 0 amide bonds. The molecule has 0 radical (unpaired) electrons. The first-order chi connectivity index (χ1) is 10.9. The van der Waals surface area contributed by atoms with Gasteiger partial charge in [0.25, 0.3) is 0 Å². The van der Waals surface area contributed by atoms with Crippen molar-refractivity contribution in [2.45, 2.75) is 71.5 Å². The van der Waals surface area contributed by atoms with Crippen LogP contribution in [0.1, 0.15) is 68.8 Å². The number of nitrogens with zero attached hydrogens (tertiary/aromatic N) is 2. The largest absolute Gasteiger partial charge is 0.306 e. The van der Waals surface area contributed by atoms with Gasteiger partial charge in [0.2, 0.25) is 0 Å². The summed E-state index contributed by atoms with van der Waals surface area (Å²) in [6.07, 6.45) is 9.30. The van der Waals surface area contributed by atoms with Gasteiger partial charge in [0.15, 0.2) is 0 Å². The zero-order valence-electron chi connectivity index (χ0n) is 14.9. The molecule has 0 aliphatic heterocycles. The van der Waals surface area contributed by atoms with Crippen molar-refractivity contribution in [2.24, 2.45) is 0 Å². The number of aromatic nitrogens is 2. The molecule has 1 aromatic heterocycles. The van der Waals surface area contributed by atoms with Gasteiger partial charge in [0.1, 0.15) is 0 Å². The molecule has 1 aromatic carbocycles. The molecule has 3 rings (SSSR count). The van der Waals surface area contributed by atoms with Gasteiger partial charge in [-0.1, -0.05) is 18.2 Å². The lowest BCUT2D eigenvalue weighted by Gasteiger charge is -2.20. The average Bonchev–Trinajstić information content (AvgIpc) is 3.01. The van der Waals surface area contributed by atoms with Gasteiger partial charge in [-0.3, -0.25) is 4.68 Å². The molecule has 0 bridgehead atoms. The van der Waals surface area contributed by atoms with Crippen molar-refractivity contribution in [3.05, 3.63) is 52.8 Å². The molecule has 0 saturated carbocycles. The number of aryl methyl sites for hydroxylation is 2. The fourth-order valence-electron chi connectivity index (χ4n) is 3.23. The van der Waals surface area contributed by atoms with Gasteiger partial charge in [-0.25, -0.2) is 0 Å². The molecule has 1 heterocycles. The number of hydrogen-bond acceptors (Lipinski definition) is 2. The Kier molecular flexibility index (Phi) is 4.58. The van der Waals surface area contributed by atoms with Crippen molar-refractivity contribution >= 4 is 0 Å². The van der Waals surface area contributed by atoms with Crippen molar-refractivity contribution in [2.75, 3.05) is 0 Å². The number of rotatable bonds is 4. The summed E-state index contributed by atoms with van der Waals surface area (Å²) in [5.74, 6) is 0. The fourth-order valence-corrected chi connectivity index (χ4v) is 3.23. The molecule has 2 aromatic rings. The van der Waals surface area contributed by atoms with Gasteiger partial charge in [0, 0.05) is 24.3 Å². The minimum Gasteiger partial charge on any atom is -0.306 e. The maximum atomic E-state index is 4.47. The highest BCUT2D eigenvalue weighted by atomic mass is 15.3. The van der Waals surface area contributed by atoms with E-state index in [-0.39, 0.29) is 5.54 Å². The monoisotopic (exact) mass is 311 g/mol. The van der Waals surface area contributed by atoms with Gasteiger partial charge in [0.05, 0.1) is 11.7 Å². The summed E-state index contributed by atoms with van der Waals surface area (Å²) >= 11 is 0. The van der Waals surface area contributed by atoms with Crippen LogP contribution in [-0.2, 0) is 24.9 Å². The van der Waals surface area contributed by atoms with Crippen molar-refractivity contribution < 1.29 is 0 Å². The minimum atomic E-state index is 0.0440. The molecular formula is C20H29N3. The second-order valence-electron chi connectivity index (χ2n) is 7.80. The van der Waals surface area contributed by atoms with Crippen LogP contribution in [-0.4, -0.2) is 9.78 Å². The molecule has 0 spiro atoms. The van der Waals surface area contributed by atoms with E-state index in [9.17, 15) is 0 Å². The molecule has 1 N–H and O–H groups in total. The number of nitrogens with one attached hydrogen (secondary N) is 1. The first-order valence-corrected chi connectivity index (χ1v) is 8.82. The summed E-state index contributed by atoms with van der Waals surface area (Å²) in [5.41, 5.74) is 5.79. The molecule has 3 heteroatoms. The zero-order valence-corrected chi connectivity index (χ0v) is 14.9. The maximum absolute atomic E-state index is 4.47. The first kappa shape index (κ1) is 16.3. The highest BCUT2D eigenvalue weighted by Crippen LogP contribution is 2.25. The lowest BCUT2D eigenvalue weighted by molar-refractivity contribution is 0.355. The van der Waals surface area contributed by atoms with Gasteiger partial charge in [-0.2, -0.15) is 5.10 Å². The lowest BCUT2D eigenvalue weighted by Crippen LogP contribution is -2.22. The predicted molar refractivity (Wildman–Crippen MR) is 95.6 cm³/mol. The standard InChI is InChI=1S/C20H29N3/c1-15(18-10-9-17-7-5-6-8-19(17)11-18)21-12-16-13-22-23(14-16)20(2,3)4/h9-11,13-15,21H,5-8,12H2,1-4H3/t15-/m0/s1. The van der Waals surface area contributed by atoms with E-state index in [1.807, 2.05) is 10.9 Å². The molecule has 0 saturated heterocycles. The van der Waals surface area contributed by atoms with E-state index in [1.165, 1.54) is 36.8 Å². The topological polar surface area (TPSA) is 29.9 Å². The average molecular weight is 311 g/mol. The van der Waals surface area contributed by atoms with Gasteiger partial charge < -0.3 is 5.32 Å². The Hall–Kier alpha value is -1.61. The first-order valence-electron chi connectivity index (χ1n) is 8.82. The van der Waals surface area contributed by atoms with Gasteiger partial charge >= 0.3 is 0 Å². The van der Waals surface area contributed by atoms with E-state index in [4.69, 9.17) is 0 Å². The Bertz CT molecular complexity index is 664. The van der Waals surface area contributed by atoms with Crippen LogP contribution in [0.4, 0.5) is 0 Å². The Morgan fingerprint density at radius 3 is 2.61 bits per heavy atom. The smallest absolute Gasteiger partial charge is 0.0543 e. The van der Waals surface area contributed by atoms with E-state index in [0.29, 0.717) is 6.04 Å². The third-order valence-corrected chi connectivity index (χ3v) is 4.81. The number of hydrogen-bond donors (Lipinski definition) is 1. The Balaban J connectivity index is 1.63. The van der Waals surface area contributed by atoms with Crippen LogP contribution in [0.5, 0.6) is 0 Å². The van der Waals surface area contributed by atoms with E-state index >= 15 is 0 Å². The van der Waals surface area contributed by atoms with E-state index in [1.54, 1.807) is 11.1 Å². The SMILES string of the molecule is C[C@H](NCc1cnn(C(C)(C)C)c1)c1ccc2c(c1)CCCC2. The molecule has 1 aliphatic rings. The molecule has 0 unspecified atom stereocenters. The number of benzene rings is 1. The van der Waals surface area contributed by atoms with Crippen LogP contribution in [0, 0.1) is 0 Å². The summed E-state index contributed by atoms with van der Waals surface area (Å²) in [6.45, 7) is 9.62.